The Labute approximate surface area is 185 Å². The summed E-state index contributed by atoms with van der Waals surface area (Å²) in [5.74, 6) is 0.133. The van der Waals surface area contributed by atoms with Gasteiger partial charge in [-0.05, 0) is 61.4 Å². The molecule has 0 spiro atoms. The Balaban J connectivity index is 1.37. The number of thioether (sulfide) groups is 1. The average molecular weight is 446 g/mol. The Hall–Kier alpha value is -2.32. The van der Waals surface area contributed by atoms with Crippen LogP contribution in [0.25, 0.3) is 0 Å². The Kier molecular flexibility index (Phi) is 7.93. The molecule has 0 aliphatic heterocycles. The van der Waals surface area contributed by atoms with Crippen LogP contribution >= 0.6 is 23.1 Å². The van der Waals surface area contributed by atoms with E-state index >= 15 is 0 Å². The summed E-state index contributed by atoms with van der Waals surface area (Å²) >= 11 is 2.70. The summed E-state index contributed by atoms with van der Waals surface area (Å²) in [6, 6.07) is 9.49. The van der Waals surface area contributed by atoms with Gasteiger partial charge >= 0.3 is 0 Å². The summed E-state index contributed by atoms with van der Waals surface area (Å²) in [5.41, 5.74) is 7.97. The van der Waals surface area contributed by atoms with Crippen molar-refractivity contribution in [1.82, 2.24) is 10.9 Å². The van der Waals surface area contributed by atoms with Gasteiger partial charge in [0, 0.05) is 10.6 Å². The van der Waals surface area contributed by atoms with Gasteiger partial charge in [0.15, 0.2) is 0 Å². The van der Waals surface area contributed by atoms with Crippen molar-refractivity contribution in [2.24, 2.45) is 5.92 Å². The SMILES string of the molecule is CC[C@@H]1CCc2sc(C(=O)NNC(=O)CSCC(=O)Nc3cccc(C)c3)cc2C1. The van der Waals surface area contributed by atoms with Crippen molar-refractivity contribution in [3.05, 3.63) is 51.2 Å². The summed E-state index contributed by atoms with van der Waals surface area (Å²) in [5, 5.41) is 2.80. The summed E-state index contributed by atoms with van der Waals surface area (Å²) in [6.45, 7) is 4.16. The molecule has 0 unspecified atom stereocenters. The smallest absolute Gasteiger partial charge is 0.279 e. The van der Waals surface area contributed by atoms with E-state index in [9.17, 15) is 14.4 Å². The molecule has 1 aromatic carbocycles. The van der Waals surface area contributed by atoms with E-state index in [4.69, 9.17) is 0 Å². The number of rotatable bonds is 7. The second-order valence-corrected chi connectivity index (χ2v) is 9.61. The number of carbonyl (C=O) groups excluding carboxylic acids is 3. The lowest BCUT2D eigenvalue weighted by molar-refractivity contribution is -0.119. The number of carbonyl (C=O) groups is 3. The molecule has 1 atom stereocenters. The highest BCUT2D eigenvalue weighted by Gasteiger charge is 2.22. The fourth-order valence-electron chi connectivity index (χ4n) is 3.44. The maximum Gasteiger partial charge on any atom is 0.279 e. The van der Waals surface area contributed by atoms with Crippen LogP contribution in [0.1, 0.15) is 45.4 Å². The second kappa shape index (κ2) is 10.6. The zero-order valence-corrected chi connectivity index (χ0v) is 18.9. The van der Waals surface area contributed by atoms with E-state index in [2.05, 4.69) is 23.1 Å². The average Bonchev–Trinajstić information content (AvgIpc) is 3.15. The predicted octanol–water partition coefficient (Wildman–Crippen LogP) is 3.70. The maximum absolute atomic E-state index is 12.3. The van der Waals surface area contributed by atoms with Gasteiger partial charge in [-0.2, -0.15) is 0 Å². The van der Waals surface area contributed by atoms with E-state index in [1.807, 2.05) is 37.3 Å². The Morgan fingerprint density at radius 2 is 1.93 bits per heavy atom. The number of benzene rings is 1. The highest BCUT2D eigenvalue weighted by atomic mass is 32.2. The number of fused-ring (bicyclic) bond motifs is 1. The monoisotopic (exact) mass is 445 g/mol. The fraction of sp³-hybridized carbons (Fsp3) is 0.409. The number of aryl methyl sites for hydroxylation is 2. The molecule has 1 aliphatic rings. The first-order valence-electron chi connectivity index (χ1n) is 10.1. The molecular formula is C22H27N3O3S2. The number of hydrogen-bond acceptors (Lipinski definition) is 5. The minimum Gasteiger partial charge on any atom is -0.325 e. The van der Waals surface area contributed by atoms with E-state index in [1.54, 1.807) is 0 Å². The third-order valence-electron chi connectivity index (χ3n) is 5.07. The van der Waals surface area contributed by atoms with Gasteiger partial charge in [0.05, 0.1) is 16.4 Å². The van der Waals surface area contributed by atoms with Crippen LogP contribution in [0.3, 0.4) is 0 Å². The fourth-order valence-corrected chi connectivity index (χ4v) is 5.16. The summed E-state index contributed by atoms with van der Waals surface area (Å²) in [6.07, 6.45) is 4.40. The van der Waals surface area contributed by atoms with Crippen LogP contribution in [0.2, 0.25) is 0 Å². The Morgan fingerprint density at radius 1 is 1.13 bits per heavy atom. The van der Waals surface area contributed by atoms with Gasteiger partial charge in [0.25, 0.3) is 5.91 Å². The molecule has 3 rings (SSSR count). The van der Waals surface area contributed by atoms with Gasteiger partial charge in [-0.15, -0.1) is 23.1 Å². The Morgan fingerprint density at radius 3 is 2.70 bits per heavy atom. The molecule has 2 aromatic rings. The second-order valence-electron chi connectivity index (χ2n) is 7.49. The molecule has 1 heterocycles. The van der Waals surface area contributed by atoms with Crippen LogP contribution in [0.4, 0.5) is 5.69 Å². The number of hydrazine groups is 1. The zero-order valence-electron chi connectivity index (χ0n) is 17.2. The van der Waals surface area contributed by atoms with E-state index < -0.39 is 0 Å². The standard InChI is InChI=1S/C22H27N3O3S2/c1-3-15-7-8-18-16(10-15)11-19(30-18)22(28)25-24-21(27)13-29-12-20(26)23-17-6-4-5-14(2)9-17/h4-6,9,11,15H,3,7-8,10,12-13H2,1-2H3,(H,23,26)(H,24,27)(H,25,28)/t15-/m1/s1. The van der Waals surface area contributed by atoms with Crippen molar-refractivity contribution in [1.29, 1.82) is 0 Å². The lowest BCUT2D eigenvalue weighted by Gasteiger charge is -2.19. The lowest BCUT2D eigenvalue weighted by Crippen LogP contribution is -2.42. The molecule has 160 valence electrons. The van der Waals surface area contributed by atoms with Gasteiger partial charge in [-0.3, -0.25) is 25.2 Å². The zero-order chi connectivity index (χ0) is 21.5. The van der Waals surface area contributed by atoms with Gasteiger partial charge in [-0.25, -0.2) is 0 Å². The van der Waals surface area contributed by atoms with Gasteiger partial charge < -0.3 is 5.32 Å². The summed E-state index contributed by atoms with van der Waals surface area (Å²) in [7, 11) is 0. The maximum atomic E-state index is 12.3. The molecule has 0 bridgehead atoms. The topological polar surface area (TPSA) is 87.3 Å². The van der Waals surface area contributed by atoms with Gasteiger partial charge in [-0.1, -0.05) is 25.5 Å². The van der Waals surface area contributed by atoms with Crippen molar-refractivity contribution >= 4 is 46.5 Å². The molecule has 8 heteroatoms. The molecule has 0 fully saturated rings. The molecule has 3 N–H and O–H groups in total. The van der Waals surface area contributed by atoms with E-state index in [0.29, 0.717) is 10.8 Å². The van der Waals surface area contributed by atoms with Crippen molar-refractivity contribution in [3.63, 3.8) is 0 Å². The van der Waals surface area contributed by atoms with Crippen LogP contribution in [0, 0.1) is 12.8 Å². The van der Waals surface area contributed by atoms with E-state index in [0.717, 1.165) is 30.5 Å². The van der Waals surface area contributed by atoms with Crippen molar-refractivity contribution in [2.45, 2.75) is 39.5 Å². The number of hydrogen-bond donors (Lipinski definition) is 3. The number of nitrogens with one attached hydrogen (secondary N) is 3. The van der Waals surface area contributed by atoms with E-state index in [-0.39, 0.29) is 29.2 Å². The minimum absolute atomic E-state index is 0.0840. The quantitative estimate of drug-likeness (QED) is 0.567. The molecule has 1 aromatic heterocycles. The first kappa shape index (κ1) is 22.4. The van der Waals surface area contributed by atoms with Crippen LogP contribution in [0.15, 0.2) is 30.3 Å². The highest BCUT2D eigenvalue weighted by Crippen LogP contribution is 2.33. The minimum atomic E-state index is -0.343. The molecule has 0 radical (unpaired) electrons. The predicted molar refractivity (Wildman–Crippen MR) is 123 cm³/mol. The molecule has 0 saturated heterocycles. The van der Waals surface area contributed by atoms with Crippen molar-refractivity contribution < 1.29 is 14.4 Å². The molecule has 0 saturated carbocycles. The molecular weight excluding hydrogens is 418 g/mol. The van der Waals surface area contributed by atoms with Crippen molar-refractivity contribution in [3.8, 4) is 0 Å². The first-order valence-corrected chi connectivity index (χ1v) is 12.1. The van der Waals surface area contributed by atoms with Crippen LogP contribution in [-0.4, -0.2) is 29.2 Å². The normalized spacial score (nSPS) is 15.2. The van der Waals surface area contributed by atoms with Gasteiger partial charge in [0.2, 0.25) is 11.8 Å². The third-order valence-corrected chi connectivity index (χ3v) is 7.24. The van der Waals surface area contributed by atoms with E-state index in [1.165, 1.54) is 40.0 Å². The number of thiophene rings is 1. The van der Waals surface area contributed by atoms with Gasteiger partial charge in [0.1, 0.15) is 0 Å². The molecule has 3 amide bonds. The number of amides is 3. The lowest BCUT2D eigenvalue weighted by atomic mass is 9.87. The third kappa shape index (κ3) is 6.34. The molecule has 1 aliphatic carbocycles. The Bertz CT molecular complexity index is 926. The number of anilines is 1. The largest absolute Gasteiger partial charge is 0.325 e. The first-order chi connectivity index (χ1) is 14.4. The summed E-state index contributed by atoms with van der Waals surface area (Å²) < 4.78 is 0. The molecule has 30 heavy (non-hydrogen) atoms. The highest BCUT2D eigenvalue weighted by molar-refractivity contribution is 8.00. The van der Waals surface area contributed by atoms with Crippen LogP contribution < -0.4 is 16.2 Å². The summed E-state index contributed by atoms with van der Waals surface area (Å²) in [4.78, 5) is 38.2. The van der Waals surface area contributed by atoms with Crippen LogP contribution in [0.5, 0.6) is 0 Å². The van der Waals surface area contributed by atoms with Crippen molar-refractivity contribution in [2.75, 3.05) is 16.8 Å². The molecule has 6 nitrogen and oxygen atoms in total. The van der Waals surface area contributed by atoms with Crippen LogP contribution in [-0.2, 0) is 22.4 Å².